The first kappa shape index (κ1) is 13.9. The van der Waals surface area contributed by atoms with Gasteiger partial charge in [0.15, 0.2) is 0 Å². The first-order chi connectivity index (χ1) is 6.63. The van der Waals surface area contributed by atoms with Crippen LogP contribution < -0.4 is 11.3 Å². The molecule has 0 amide bonds. The molecule has 0 fully saturated rings. The van der Waals surface area contributed by atoms with Gasteiger partial charge in [0.1, 0.15) is 0 Å². The molecule has 0 aromatic carbocycles. The van der Waals surface area contributed by atoms with E-state index in [4.69, 9.17) is 10.6 Å². The van der Waals surface area contributed by atoms with Gasteiger partial charge < -0.3 is 4.74 Å². The predicted molar refractivity (Wildman–Crippen MR) is 60.8 cm³/mol. The Morgan fingerprint density at radius 3 is 2.21 bits per heavy atom. The molecule has 3 N–H and O–H groups in total. The minimum absolute atomic E-state index is 0.426. The zero-order valence-corrected chi connectivity index (χ0v) is 10.0. The van der Waals surface area contributed by atoms with Crippen molar-refractivity contribution >= 4 is 0 Å². The van der Waals surface area contributed by atoms with E-state index in [9.17, 15) is 0 Å². The molecule has 0 rings (SSSR count). The lowest BCUT2D eigenvalue weighted by atomic mass is 9.93. The number of nitrogens with two attached hydrogens (primary N) is 1. The maximum Gasteiger partial charge on any atom is 0.0488 e. The average Bonchev–Trinajstić information content (AvgIpc) is 2.16. The second kappa shape index (κ2) is 8.21. The van der Waals surface area contributed by atoms with Gasteiger partial charge in [-0.3, -0.25) is 11.3 Å². The van der Waals surface area contributed by atoms with Gasteiger partial charge >= 0.3 is 0 Å². The summed E-state index contributed by atoms with van der Waals surface area (Å²) in [5.74, 6) is 6.85. The standard InChI is InChI=1S/C11H26N2O/c1-5-9(2)6-11(13-12)7-10(3)8-14-4/h9-11,13H,5-8,12H2,1-4H3. The van der Waals surface area contributed by atoms with Gasteiger partial charge in [0.05, 0.1) is 0 Å². The molecule has 3 nitrogen and oxygen atoms in total. The Balaban J connectivity index is 3.77. The Kier molecular flexibility index (Phi) is 8.14. The molecule has 0 radical (unpaired) electrons. The van der Waals surface area contributed by atoms with E-state index >= 15 is 0 Å². The highest BCUT2D eigenvalue weighted by atomic mass is 16.5. The van der Waals surface area contributed by atoms with Gasteiger partial charge in [-0.15, -0.1) is 0 Å². The van der Waals surface area contributed by atoms with Gasteiger partial charge in [-0.2, -0.15) is 0 Å². The number of hydrazine groups is 1. The fourth-order valence-electron chi connectivity index (χ4n) is 1.72. The fourth-order valence-corrected chi connectivity index (χ4v) is 1.72. The summed E-state index contributed by atoms with van der Waals surface area (Å²) in [5.41, 5.74) is 2.90. The van der Waals surface area contributed by atoms with Gasteiger partial charge in [-0.1, -0.05) is 27.2 Å². The van der Waals surface area contributed by atoms with Crippen molar-refractivity contribution in [3.8, 4) is 0 Å². The van der Waals surface area contributed by atoms with Crippen LogP contribution in [-0.4, -0.2) is 19.8 Å². The first-order valence-corrected chi connectivity index (χ1v) is 5.59. The highest BCUT2D eigenvalue weighted by molar-refractivity contribution is 4.70. The molecule has 0 aliphatic heterocycles. The normalized spacial score (nSPS) is 17.8. The van der Waals surface area contributed by atoms with Gasteiger partial charge in [0, 0.05) is 19.8 Å². The van der Waals surface area contributed by atoms with Crippen molar-refractivity contribution in [2.45, 2.75) is 46.1 Å². The number of ether oxygens (including phenoxy) is 1. The Morgan fingerprint density at radius 2 is 1.79 bits per heavy atom. The number of rotatable bonds is 8. The largest absolute Gasteiger partial charge is 0.384 e. The fraction of sp³-hybridized carbons (Fsp3) is 1.00. The molecule has 3 atom stereocenters. The summed E-state index contributed by atoms with van der Waals surface area (Å²) in [4.78, 5) is 0. The molecule has 3 heteroatoms. The maximum absolute atomic E-state index is 5.53. The van der Waals surface area contributed by atoms with Crippen LogP contribution >= 0.6 is 0 Å². The quantitative estimate of drug-likeness (QED) is 0.467. The van der Waals surface area contributed by atoms with Crippen LogP contribution in [0.2, 0.25) is 0 Å². The Labute approximate surface area is 88.4 Å². The summed E-state index contributed by atoms with van der Waals surface area (Å²) in [6.07, 6.45) is 3.46. The van der Waals surface area contributed by atoms with Crippen molar-refractivity contribution in [1.29, 1.82) is 0 Å². The molecule has 0 spiro atoms. The number of hydrogen-bond donors (Lipinski definition) is 2. The van der Waals surface area contributed by atoms with Gasteiger partial charge in [-0.25, -0.2) is 0 Å². The van der Waals surface area contributed by atoms with Crippen LogP contribution in [0, 0.1) is 11.8 Å². The van der Waals surface area contributed by atoms with Crippen molar-refractivity contribution in [3.05, 3.63) is 0 Å². The molecule has 0 saturated heterocycles. The SMILES string of the molecule is CCC(C)CC(CC(C)COC)NN. The van der Waals surface area contributed by atoms with Crippen LogP contribution in [0.4, 0.5) is 0 Å². The van der Waals surface area contributed by atoms with Crippen molar-refractivity contribution in [3.63, 3.8) is 0 Å². The molecule has 0 aliphatic rings. The number of methoxy groups -OCH3 is 1. The topological polar surface area (TPSA) is 47.3 Å². The van der Waals surface area contributed by atoms with Gasteiger partial charge in [0.2, 0.25) is 0 Å². The van der Waals surface area contributed by atoms with E-state index in [2.05, 4.69) is 26.2 Å². The van der Waals surface area contributed by atoms with Crippen molar-refractivity contribution in [2.24, 2.45) is 17.7 Å². The molecular formula is C11H26N2O. The molecule has 0 bridgehead atoms. The van der Waals surface area contributed by atoms with Gasteiger partial charge in [0.25, 0.3) is 0 Å². The Hall–Kier alpha value is -0.120. The highest BCUT2D eigenvalue weighted by Crippen LogP contribution is 2.15. The summed E-state index contributed by atoms with van der Waals surface area (Å²) in [5, 5.41) is 0. The predicted octanol–water partition coefficient (Wildman–Crippen LogP) is 1.93. The molecule has 0 aromatic heterocycles. The second-order valence-corrected chi connectivity index (χ2v) is 4.41. The van der Waals surface area contributed by atoms with Crippen LogP contribution in [0.15, 0.2) is 0 Å². The van der Waals surface area contributed by atoms with Crippen LogP contribution in [0.1, 0.15) is 40.0 Å². The third-order valence-electron chi connectivity index (χ3n) is 2.76. The maximum atomic E-state index is 5.53. The summed E-state index contributed by atoms with van der Waals surface area (Å²) >= 11 is 0. The summed E-state index contributed by atoms with van der Waals surface area (Å²) in [6, 6.07) is 0.426. The van der Waals surface area contributed by atoms with Crippen molar-refractivity contribution in [1.82, 2.24) is 5.43 Å². The minimum atomic E-state index is 0.426. The molecule has 3 unspecified atom stereocenters. The summed E-state index contributed by atoms with van der Waals surface area (Å²) in [6.45, 7) is 7.51. The van der Waals surface area contributed by atoms with Crippen LogP contribution in [0.3, 0.4) is 0 Å². The van der Waals surface area contributed by atoms with E-state index in [-0.39, 0.29) is 0 Å². The lowest BCUT2D eigenvalue weighted by Crippen LogP contribution is -2.38. The molecule has 0 aliphatic carbocycles. The lowest BCUT2D eigenvalue weighted by molar-refractivity contribution is 0.146. The molecule has 14 heavy (non-hydrogen) atoms. The molecular weight excluding hydrogens is 176 g/mol. The van der Waals surface area contributed by atoms with Crippen molar-refractivity contribution in [2.75, 3.05) is 13.7 Å². The number of nitrogens with one attached hydrogen (secondary N) is 1. The zero-order valence-electron chi connectivity index (χ0n) is 10.0. The molecule has 0 aromatic rings. The zero-order chi connectivity index (χ0) is 11.0. The minimum Gasteiger partial charge on any atom is -0.384 e. The first-order valence-electron chi connectivity index (χ1n) is 5.59. The van der Waals surface area contributed by atoms with E-state index in [1.807, 2.05) is 0 Å². The molecule has 0 saturated carbocycles. The summed E-state index contributed by atoms with van der Waals surface area (Å²) < 4.78 is 5.11. The molecule has 0 heterocycles. The van der Waals surface area contributed by atoms with Crippen LogP contribution in [-0.2, 0) is 4.74 Å². The molecule has 86 valence electrons. The average molecular weight is 202 g/mol. The van der Waals surface area contributed by atoms with E-state index in [1.165, 1.54) is 6.42 Å². The van der Waals surface area contributed by atoms with E-state index in [0.717, 1.165) is 25.4 Å². The van der Waals surface area contributed by atoms with Crippen LogP contribution in [0.5, 0.6) is 0 Å². The number of hydrogen-bond acceptors (Lipinski definition) is 3. The van der Waals surface area contributed by atoms with Gasteiger partial charge in [-0.05, 0) is 24.7 Å². The third-order valence-corrected chi connectivity index (χ3v) is 2.76. The van der Waals surface area contributed by atoms with E-state index in [0.29, 0.717) is 12.0 Å². The highest BCUT2D eigenvalue weighted by Gasteiger charge is 2.14. The smallest absolute Gasteiger partial charge is 0.0488 e. The Bertz CT molecular complexity index is 130. The lowest BCUT2D eigenvalue weighted by Gasteiger charge is -2.22. The summed E-state index contributed by atoms with van der Waals surface area (Å²) in [7, 11) is 1.75. The Morgan fingerprint density at radius 1 is 1.21 bits per heavy atom. The van der Waals surface area contributed by atoms with Crippen LogP contribution in [0.25, 0.3) is 0 Å². The second-order valence-electron chi connectivity index (χ2n) is 4.41. The van der Waals surface area contributed by atoms with E-state index < -0.39 is 0 Å². The van der Waals surface area contributed by atoms with E-state index in [1.54, 1.807) is 7.11 Å². The van der Waals surface area contributed by atoms with Crippen molar-refractivity contribution < 1.29 is 4.74 Å². The third kappa shape index (κ3) is 6.35. The monoisotopic (exact) mass is 202 g/mol.